The number of carbonyl (C=O) groups excluding carboxylic acids is 1. The van der Waals surface area contributed by atoms with E-state index in [9.17, 15) is 4.79 Å². The highest BCUT2D eigenvalue weighted by atomic mass is 79.9. The molecule has 0 amide bonds. The van der Waals surface area contributed by atoms with E-state index in [-0.39, 0.29) is 15.6 Å². The van der Waals surface area contributed by atoms with Gasteiger partial charge in [0.25, 0.3) is 0 Å². The number of hydrogen-bond acceptors (Lipinski definition) is 2. The lowest BCUT2D eigenvalue weighted by atomic mass is 10.1. The predicted molar refractivity (Wildman–Crippen MR) is 88.3 cm³/mol. The van der Waals surface area contributed by atoms with E-state index in [1.807, 2.05) is 30.3 Å². The average molecular weight is 508 g/mol. The molecule has 0 saturated heterocycles. The Labute approximate surface area is 140 Å². The maximum Gasteiger partial charge on any atom is 0.321 e. The standard InChI is InChI=1S/C12H12Br4O2/c13-6-9(14)7-18-12(17)11(16)10(15)8-4-2-1-3-5-8/h1-5,9-11H,6-7H2/t9-,10+,11+/m1/s1. The monoisotopic (exact) mass is 504 g/mol. The van der Waals surface area contributed by atoms with Crippen molar-refractivity contribution in [1.82, 2.24) is 0 Å². The van der Waals surface area contributed by atoms with E-state index >= 15 is 0 Å². The normalized spacial score (nSPS) is 15.8. The van der Waals surface area contributed by atoms with Gasteiger partial charge in [-0.15, -0.1) is 0 Å². The number of benzene rings is 1. The number of halogens is 4. The number of hydrogen-bond donors (Lipinski definition) is 0. The smallest absolute Gasteiger partial charge is 0.321 e. The van der Waals surface area contributed by atoms with Gasteiger partial charge in [-0.2, -0.15) is 0 Å². The molecule has 1 aromatic carbocycles. The molecule has 0 aromatic heterocycles. The summed E-state index contributed by atoms with van der Waals surface area (Å²) in [6.45, 7) is 0.348. The fraction of sp³-hybridized carbons (Fsp3) is 0.417. The molecule has 1 aromatic rings. The second-order valence-electron chi connectivity index (χ2n) is 3.60. The van der Waals surface area contributed by atoms with Gasteiger partial charge in [0, 0.05) is 5.33 Å². The highest BCUT2D eigenvalue weighted by Gasteiger charge is 2.26. The summed E-state index contributed by atoms with van der Waals surface area (Å²) in [6.07, 6.45) is 0. The van der Waals surface area contributed by atoms with Crippen LogP contribution in [0.1, 0.15) is 10.4 Å². The number of esters is 1. The Bertz CT molecular complexity index is 372. The van der Waals surface area contributed by atoms with Gasteiger partial charge in [0.1, 0.15) is 11.4 Å². The summed E-state index contributed by atoms with van der Waals surface area (Å²) in [7, 11) is 0. The number of rotatable bonds is 6. The van der Waals surface area contributed by atoms with Crippen LogP contribution in [0, 0.1) is 0 Å². The lowest BCUT2D eigenvalue weighted by molar-refractivity contribution is -0.142. The predicted octanol–water partition coefficient (Wildman–Crippen LogP) is 4.59. The van der Waals surface area contributed by atoms with Crippen LogP contribution in [-0.4, -0.2) is 27.6 Å². The molecule has 0 bridgehead atoms. The van der Waals surface area contributed by atoms with Gasteiger partial charge in [-0.3, -0.25) is 4.79 Å². The van der Waals surface area contributed by atoms with E-state index < -0.39 is 4.83 Å². The Hall–Kier alpha value is 0.610. The lowest BCUT2D eigenvalue weighted by Gasteiger charge is -2.17. The van der Waals surface area contributed by atoms with Crippen molar-refractivity contribution in [2.75, 3.05) is 11.9 Å². The zero-order valence-electron chi connectivity index (χ0n) is 9.36. The van der Waals surface area contributed by atoms with Crippen LogP contribution >= 0.6 is 63.7 Å². The van der Waals surface area contributed by atoms with Crippen LogP contribution in [0.5, 0.6) is 0 Å². The van der Waals surface area contributed by atoms with Gasteiger partial charge in [0.05, 0.1) is 9.65 Å². The molecule has 0 radical (unpaired) electrons. The minimum atomic E-state index is -0.407. The first kappa shape index (κ1) is 16.7. The fourth-order valence-corrected chi connectivity index (χ4v) is 2.50. The third-order valence-electron chi connectivity index (χ3n) is 2.17. The van der Waals surface area contributed by atoms with Gasteiger partial charge in [0.2, 0.25) is 0 Å². The molecular weight excluding hydrogens is 496 g/mol. The summed E-state index contributed by atoms with van der Waals surface area (Å²) >= 11 is 13.6. The summed E-state index contributed by atoms with van der Waals surface area (Å²) < 4.78 is 5.21. The second kappa shape index (κ2) is 8.72. The van der Waals surface area contributed by atoms with E-state index in [1.165, 1.54) is 0 Å². The molecule has 100 valence electrons. The number of carbonyl (C=O) groups is 1. The Morgan fingerprint density at radius 2 is 1.78 bits per heavy atom. The largest absolute Gasteiger partial charge is 0.464 e. The van der Waals surface area contributed by atoms with Crippen molar-refractivity contribution in [3.63, 3.8) is 0 Å². The van der Waals surface area contributed by atoms with Crippen LogP contribution in [0.15, 0.2) is 30.3 Å². The van der Waals surface area contributed by atoms with Crippen LogP contribution in [0.4, 0.5) is 0 Å². The molecule has 3 atom stereocenters. The maximum absolute atomic E-state index is 11.8. The fourth-order valence-electron chi connectivity index (χ4n) is 1.22. The van der Waals surface area contributed by atoms with Crippen molar-refractivity contribution in [2.24, 2.45) is 0 Å². The molecule has 0 N–H and O–H groups in total. The molecule has 18 heavy (non-hydrogen) atoms. The van der Waals surface area contributed by atoms with Gasteiger partial charge >= 0.3 is 5.97 Å². The third-order valence-corrected chi connectivity index (χ3v) is 7.08. The topological polar surface area (TPSA) is 26.3 Å². The first-order valence-corrected chi connectivity index (χ1v) is 9.13. The van der Waals surface area contributed by atoms with Crippen molar-refractivity contribution in [3.8, 4) is 0 Å². The second-order valence-corrected chi connectivity index (χ2v) is 7.51. The number of ether oxygens (including phenoxy) is 1. The Morgan fingerprint density at radius 3 is 2.33 bits per heavy atom. The molecule has 1 rings (SSSR count). The summed E-state index contributed by atoms with van der Waals surface area (Å²) in [5.74, 6) is -0.272. The third kappa shape index (κ3) is 5.31. The van der Waals surface area contributed by atoms with Gasteiger partial charge in [0.15, 0.2) is 0 Å². The van der Waals surface area contributed by atoms with Crippen molar-refractivity contribution >= 4 is 69.7 Å². The van der Waals surface area contributed by atoms with Crippen LogP contribution in [0.25, 0.3) is 0 Å². The van der Waals surface area contributed by atoms with Gasteiger partial charge in [-0.05, 0) is 5.56 Å². The molecule has 0 aliphatic carbocycles. The van der Waals surface area contributed by atoms with E-state index in [0.717, 1.165) is 10.9 Å². The van der Waals surface area contributed by atoms with Crippen molar-refractivity contribution in [1.29, 1.82) is 0 Å². The molecule has 0 aliphatic heterocycles. The van der Waals surface area contributed by atoms with Gasteiger partial charge in [-0.25, -0.2) is 0 Å². The van der Waals surface area contributed by atoms with Crippen LogP contribution < -0.4 is 0 Å². The van der Waals surface area contributed by atoms with Crippen LogP contribution in [0.2, 0.25) is 0 Å². The van der Waals surface area contributed by atoms with Crippen molar-refractivity contribution < 1.29 is 9.53 Å². The Balaban J connectivity index is 2.53. The first-order chi connectivity index (χ1) is 8.56. The average Bonchev–Trinajstić information content (AvgIpc) is 2.43. The molecular formula is C12H12Br4O2. The molecule has 0 heterocycles. The lowest BCUT2D eigenvalue weighted by Crippen LogP contribution is -2.24. The minimum Gasteiger partial charge on any atom is -0.464 e. The molecule has 0 aliphatic rings. The Morgan fingerprint density at radius 1 is 1.17 bits per heavy atom. The van der Waals surface area contributed by atoms with Gasteiger partial charge in [-0.1, -0.05) is 94.1 Å². The SMILES string of the molecule is O=C(OC[C@H](Br)CBr)[C@@H](Br)[C@@H](Br)c1ccccc1. The highest BCUT2D eigenvalue weighted by molar-refractivity contribution is 9.12. The maximum atomic E-state index is 11.8. The zero-order chi connectivity index (χ0) is 13.5. The summed E-state index contributed by atoms with van der Waals surface area (Å²) in [4.78, 5) is 11.5. The van der Waals surface area contributed by atoms with Crippen molar-refractivity contribution in [2.45, 2.75) is 14.5 Å². The molecule has 2 nitrogen and oxygen atoms in total. The molecule has 0 spiro atoms. The van der Waals surface area contributed by atoms with E-state index in [0.29, 0.717) is 6.61 Å². The quantitative estimate of drug-likeness (QED) is 0.416. The molecule has 0 saturated carbocycles. The zero-order valence-corrected chi connectivity index (χ0v) is 15.7. The molecule has 0 fully saturated rings. The molecule has 0 unspecified atom stereocenters. The summed E-state index contributed by atoms with van der Waals surface area (Å²) in [5.41, 5.74) is 1.03. The minimum absolute atomic E-state index is 0.107. The molecule has 6 heteroatoms. The van der Waals surface area contributed by atoms with E-state index in [1.54, 1.807) is 0 Å². The Kier molecular flexibility index (Phi) is 8.07. The highest BCUT2D eigenvalue weighted by Crippen LogP contribution is 2.31. The summed E-state index contributed by atoms with van der Waals surface area (Å²) in [6, 6.07) is 9.75. The van der Waals surface area contributed by atoms with Crippen LogP contribution in [-0.2, 0) is 9.53 Å². The van der Waals surface area contributed by atoms with E-state index in [2.05, 4.69) is 63.7 Å². The number of alkyl halides is 4. The van der Waals surface area contributed by atoms with Crippen molar-refractivity contribution in [3.05, 3.63) is 35.9 Å². The summed E-state index contributed by atoms with van der Waals surface area (Å²) in [5, 5.41) is 0.740. The van der Waals surface area contributed by atoms with Crippen LogP contribution in [0.3, 0.4) is 0 Å². The first-order valence-electron chi connectivity index (χ1n) is 5.26. The van der Waals surface area contributed by atoms with E-state index in [4.69, 9.17) is 4.74 Å². The van der Waals surface area contributed by atoms with Gasteiger partial charge < -0.3 is 4.74 Å².